The summed E-state index contributed by atoms with van der Waals surface area (Å²) < 4.78 is 6.15. The van der Waals surface area contributed by atoms with Crippen molar-refractivity contribution in [3.8, 4) is 0 Å². The van der Waals surface area contributed by atoms with Crippen molar-refractivity contribution in [1.82, 2.24) is 20.0 Å². The zero-order valence-electron chi connectivity index (χ0n) is 21.8. The molecule has 37 heavy (non-hydrogen) atoms. The van der Waals surface area contributed by atoms with Crippen LogP contribution in [0, 0.1) is 0 Å². The van der Waals surface area contributed by atoms with Crippen LogP contribution >= 0.6 is 0 Å². The number of nitrogens with two attached hydrogens (primary N) is 1. The summed E-state index contributed by atoms with van der Waals surface area (Å²) in [4.78, 5) is 29.3. The molecule has 0 bridgehead atoms. The number of hydrogen-bond acceptors (Lipinski definition) is 6. The fraction of sp³-hybridized carbons (Fsp3) is 0.448. The Bertz CT molecular complexity index is 1160. The number of unbranched alkanes of at least 4 members (excludes halogenated alkanes) is 1. The van der Waals surface area contributed by atoms with Crippen molar-refractivity contribution in [3.63, 3.8) is 0 Å². The maximum absolute atomic E-state index is 13.2. The highest BCUT2D eigenvalue weighted by molar-refractivity contribution is 6.35. The van der Waals surface area contributed by atoms with Crippen LogP contribution in [0.15, 0.2) is 65.1 Å². The number of piperazine rings is 1. The van der Waals surface area contributed by atoms with Gasteiger partial charge >= 0.3 is 11.8 Å². The molecule has 2 heterocycles. The van der Waals surface area contributed by atoms with Gasteiger partial charge in [-0.25, -0.2) is 0 Å². The lowest BCUT2D eigenvalue weighted by Gasteiger charge is -2.37. The van der Waals surface area contributed by atoms with E-state index in [4.69, 9.17) is 10.2 Å². The number of benzene rings is 2. The summed E-state index contributed by atoms with van der Waals surface area (Å²) in [7, 11) is 0. The van der Waals surface area contributed by atoms with Crippen LogP contribution in [-0.4, -0.2) is 51.4 Å². The van der Waals surface area contributed by atoms with Gasteiger partial charge in [-0.3, -0.25) is 9.59 Å². The number of hydrogen-bond donors (Lipinski definition) is 1. The molecule has 1 aliphatic rings. The van der Waals surface area contributed by atoms with Gasteiger partial charge in [0.05, 0.1) is 5.54 Å². The zero-order chi connectivity index (χ0) is 26.3. The number of aryl methyl sites for hydroxylation is 2. The van der Waals surface area contributed by atoms with Gasteiger partial charge in [0.1, 0.15) is 6.04 Å². The van der Waals surface area contributed by atoms with Crippen LogP contribution in [0.5, 0.6) is 0 Å². The van der Waals surface area contributed by atoms with Gasteiger partial charge in [0.25, 0.3) is 0 Å². The van der Waals surface area contributed by atoms with E-state index >= 15 is 0 Å². The van der Waals surface area contributed by atoms with E-state index < -0.39 is 23.4 Å². The lowest BCUT2D eigenvalue weighted by Crippen LogP contribution is -2.55. The molecular formula is C29H37N5O3. The summed E-state index contributed by atoms with van der Waals surface area (Å²) in [6.07, 6.45) is 4.51. The quantitative estimate of drug-likeness (QED) is 0.374. The number of rotatable bonds is 12. The van der Waals surface area contributed by atoms with Crippen molar-refractivity contribution < 1.29 is 14.0 Å². The van der Waals surface area contributed by atoms with Crippen LogP contribution in [0.25, 0.3) is 0 Å². The minimum Gasteiger partial charge on any atom is -0.421 e. The number of carbonyl (C=O) groups is 2. The number of aromatic nitrogens is 2. The molecule has 2 amide bonds. The molecule has 1 unspecified atom stereocenters. The van der Waals surface area contributed by atoms with Gasteiger partial charge < -0.3 is 20.0 Å². The second-order valence-corrected chi connectivity index (χ2v) is 10.0. The van der Waals surface area contributed by atoms with E-state index in [2.05, 4.69) is 29.3 Å². The van der Waals surface area contributed by atoms with Crippen molar-refractivity contribution >= 4 is 11.8 Å². The van der Waals surface area contributed by atoms with Gasteiger partial charge in [-0.2, -0.15) is 0 Å². The Morgan fingerprint density at radius 3 is 2.24 bits per heavy atom. The normalized spacial score (nSPS) is 16.6. The summed E-state index contributed by atoms with van der Waals surface area (Å²) in [6, 6.07) is 19.7. The van der Waals surface area contributed by atoms with Gasteiger partial charge in [0.2, 0.25) is 11.8 Å². The van der Waals surface area contributed by atoms with E-state index in [9.17, 15) is 9.59 Å². The molecule has 2 atom stereocenters. The summed E-state index contributed by atoms with van der Waals surface area (Å²) >= 11 is 0. The van der Waals surface area contributed by atoms with Crippen molar-refractivity contribution in [2.45, 2.75) is 64.0 Å². The number of amides is 2. The lowest BCUT2D eigenvalue weighted by atomic mass is 9.94. The number of carbonyl (C=O) groups excluding carboxylic acids is 2. The molecule has 2 N–H and O–H groups in total. The van der Waals surface area contributed by atoms with E-state index in [1.54, 1.807) is 9.80 Å². The second-order valence-electron chi connectivity index (χ2n) is 10.0. The van der Waals surface area contributed by atoms with Crippen LogP contribution in [0.3, 0.4) is 0 Å². The Balaban J connectivity index is 1.53. The average Bonchev–Trinajstić information content (AvgIpc) is 3.42. The maximum Gasteiger partial charge on any atom is 0.312 e. The zero-order valence-corrected chi connectivity index (χ0v) is 21.8. The van der Waals surface area contributed by atoms with Gasteiger partial charge in [-0.1, -0.05) is 74.0 Å². The Morgan fingerprint density at radius 1 is 0.946 bits per heavy atom. The van der Waals surface area contributed by atoms with E-state index in [1.165, 1.54) is 5.56 Å². The van der Waals surface area contributed by atoms with E-state index in [0.29, 0.717) is 50.7 Å². The smallest absolute Gasteiger partial charge is 0.312 e. The molecule has 1 aromatic heterocycles. The maximum atomic E-state index is 13.2. The lowest BCUT2D eigenvalue weighted by molar-refractivity contribution is -0.158. The Hall–Kier alpha value is -3.52. The van der Waals surface area contributed by atoms with Gasteiger partial charge in [-0.05, 0) is 50.2 Å². The predicted octanol–water partition coefficient (Wildman–Crippen LogP) is 4.02. The topological polar surface area (TPSA) is 106 Å². The Kier molecular flexibility index (Phi) is 8.71. The van der Waals surface area contributed by atoms with E-state index in [1.807, 2.05) is 55.5 Å². The molecule has 8 nitrogen and oxygen atoms in total. The standard InChI is InChI=1S/C29H37N5O3/c1-3-4-19-33-20-21-34(27(36)26(33)35)24(16-15-22-11-7-5-8-12-22)25-31-32-28(37-25)29(2,30)18-17-23-13-9-6-10-14-23/h5-14,24H,3-4,15-21,30H2,1-2H3/t24?,29-/m1/s1. The SMILES string of the molecule is CCCCN1CCN(C(CCc2ccccc2)c2nnc([C@](C)(N)CCc3ccccc3)o2)C(=O)C1=O. The highest BCUT2D eigenvalue weighted by Crippen LogP contribution is 2.30. The molecule has 3 aromatic rings. The van der Waals surface area contributed by atoms with Crippen LogP contribution in [-0.2, 0) is 28.0 Å². The molecule has 1 aliphatic heterocycles. The summed E-state index contributed by atoms with van der Waals surface area (Å²) in [5.41, 5.74) is 8.11. The fourth-order valence-electron chi connectivity index (χ4n) is 4.67. The van der Waals surface area contributed by atoms with E-state index in [-0.39, 0.29) is 0 Å². The molecule has 4 rings (SSSR count). The molecule has 8 heteroatoms. The summed E-state index contributed by atoms with van der Waals surface area (Å²) in [6.45, 7) is 5.48. The largest absolute Gasteiger partial charge is 0.421 e. The Labute approximate surface area is 218 Å². The molecule has 0 saturated carbocycles. The van der Waals surface area contributed by atoms with Crippen molar-refractivity contribution in [3.05, 3.63) is 83.6 Å². The minimum atomic E-state index is -0.830. The average molecular weight is 504 g/mol. The first-order valence-electron chi connectivity index (χ1n) is 13.2. The van der Waals surface area contributed by atoms with Gasteiger partial charge in [-0.15, -0.1) is 10.2 Å². The third-order valence-corrected chi connectivity index (χ3v) is 7.04. The first-order valence-corrected chi connectivity index (χ1v) is 13.2. The summed E-state index contributed by atoms with van der Waals surface area (Å²) in [5.74, 6) is -0.315. The third kappa shape index (κ3) is 6.63. The highest BCUT2D eigenvalue weighted by atomic mass is 16.4. The monoisotopic (exact) mass is 503 g/mol. The molecule has 1 saturated heterocycles. The number of nitrogens with zero attached hydrogens (tertiary/aromatic N) is 4. The molecule has 196 valence electrons. The summed E-state index contributed by atoms with van der Waals surface area (Å²) in [5, 5.41) is 8.63. The molecular weight excluding hydrogens is 466 g/mol. The van der Waals surface area contributed by atoms with Gasteiger partial charge in [0, 0.05) is 19.6 Å². The van der Waals surface area contributed by atoms with Gasteiger partial charge in [0.15, 0.2) is 0 Å². The van der Waals surface area contributed by atoms with Crippen molar-refractivity contribution in [2.75, 3.05) is 19.6 Å². The predicted molar refractivity (Wildman–Crippen MR) is 141 cm³/mol. The fourth-order valence-corrected chi connectivity index (χ4v) is 4.67. The third-order valence-electron chi connectivity index (χ3n) is 7.04. The molecule has 0 spiro atoms. The molecule has 1 fully saturated rings. The first kappa shape index (κ1) is 26.5. The van der Waals surface area contributed by atoms with Crippen LogP contribution < -0.4 is 5.73 Å². The minimum absolute atomic E-state index is 0.325. The van der Waals surface area contributed by atoms with Crippen molar-refractivity contribution in [2.24, 2.45) is 5.73 Å². The molecule has 2 aromatic carbocycles. The highest BCUT2D eigenvalue weighted by Gasteiger charge is 2.39. The molecule has 0 aliphatic carbocycles. The van der Waals surface area contributed by atoms with E-state index in [0.717, 1.165) is 24.8 Å². The van der Waals surface area contributed by atoms with Crippen LogP contribution in [0.4, 0.5) is 0 Å². The van der Waals surface area contributed by atoms with Crippen LogP contribution in [0.2, 0.25) is 0 Å². The molecule has 0 radical (unpaired) electrons. The first-order chi connectivity index (χ1) is 17.9. The van der Waals surface area contributed by atoms with Crippen molar-refractivity contribution in [1.29, 1.82) is 0 Å². The second kappa shape index (κ2) is 12.1. The van der Waals surface area contributed by atoms with Crippen LogP contribution in [0.1, 0.15) is 68.5 Å². The Morgan fingerprint density at radius 2 is 1.59 bits per heavy atom.